The van der Waals surface area contributed by atoms with Gasteiger partial charge in [0.2, 0.25) is 0 Å². The molecule has 0 N–H and O–H groups in total. The van der Waals surface area contributed by atoms with Gasteiger partial charge in [0.05, 0.1) is 16.8 Å². The van der Waals surface area contributed by atoms with Crippen LogP contribution in [0.2, 0.25) is 0 Å². The average molecular weight is 331 g/mol. The first kappa shape index (κ1) is 13.0. The summed E-state index contributed by atoms with van der Waals surface area (Å²) in [6.07, 6.45) is 2.23. The normalized spacial score (nSPS) is 13.8. The number of amides is 2. The fourth-order valence-electron chi connectivity index (χ4n) is 2.26. The third-order valence-corrected chi connectivity index (χ3v) is 4.01. The van der Waals surface area contributed by atoms with E-state index in [1.807, 2.05) is 12.1 Å². The summed E-state index contributed by atoms with van der Waals surface area (Å²) in [5.41, 5.74) is 1.80. The fraction of sp³-hybridized carbons (Fsp3) is 0.133. The van der Waals surface area contributed by atoms with Gasteiger partial charge in [0.15, 0.2) is 0 Å². The number of carbonyl (C=O) groups excluding carboxylic acids is 2. The van der Waals surface area contributed by atoms with Gasteiger partial charge in [0.25, 0.3) is 11.8 Å². The maximum absolute atomic E-state index is 12.2. The van der Waals surface area contributed by atoms with Gasteiger partial charge in [-0.2, -0.15) is 0 Å². The monoisotopic (exact) mass is 330 g/mol. The summed E-state index contributed by atoms with van der Waals surface area (Å²) in [6.45, 7) is 0.335. The molecule has 100 valence electrons. The molecule has 2 aromatic rings. The Labute approximate surface area is 124 Å². The second-order valence-corrected chi connectivity index (χ2v) is 5.34. The Balaban J connectivity index is 1.79. The molecule has 4 nitrogen and oxygen atoms in total. The maximum Gasteiger partial charge on any atom is 0.261 e. The van der Waals surface area contributed by atoms with Crippen molar-refractivity contribution in [3.63, 3.8) is 0 Å². The quantitative estimate of drug-likeness (QED) is 0.813. The summed E-state index contributed by atoms with van der Waals surface area (Å²) in [5, 5.41) is 0. The lowest BCUT2D eigenvalue weighted by atomic mass is 10.1. The molecule has 1 aromatic carbocycles. The van der Waals surface area contributed by atoms with E-state index in [4.69, 9.17) is 0 Å². The molecule has 0 bridgehead atoms. The van der Waals surface area contributed by atoms with Crippen LogP contribution >= 0.6 is 15.9 Å². The van der Waals surface area contributed by atoms with Crippen LogP contribution in [0.15, 0.2) is 47.1 Å². The highest BCUT2D eigenvalue weighted by Crippen LogP contribution is 2.23. The zero-order chi connectivity index (χ0) is 14.1. The Hall–Kier alpha value is -2.01. The topological polar surface area (TPSA) is 50.3 Å². The van der Waals surface area contributed by atoms with Crippen LogP contribution in [0.25, 0.3) is 0 Å². The second kappa shape index (κ2) is 5.17. The largest absolute Gasteiger partial charge is 0.274 e. The SMILES string of the molecule is O=C1c2ccccc2C(=O)N1CCc1ncccc1Br. The second-order valence-electron chi connectivity index (χ2n) is 4.49. The molecule has 0 saturated heterocycles. The van der Waals surface area contributed by atoms with Crippen LogP contribution in [0.3, 0.4) is 0 Å². The number of nitrogens with zero attached hydrogens (tertiary/aromatic N) is 2. The lowest BCUT2D eigenvalue weighted by molar-refractivity contribution is 0.0656. The van der Waals surface area contributed by atoms with Gasteiger partial charge >= 0.3 is 0 Å². The van der Waals surface area contributed by atoms with E-state index in [0.29, 0.717) is 24.1 Å². The van der Waals surface area contributed by atoms with E-state index in [1.165, 1.54) is 4.90 Å². The smallest absolute Gasteiger partial charge is 0.261 e. The molecule has 0 radical (unpaired) electrons. The van der Waals surface area contributed by atoms with E-state index in [2.05, 4.69) is 20.9 Å². The number of pyridine rings is 1. The minimum Gasteiger partial charge on any atom is -0.274 e. The fourth-order valence-corrected chi connectivity index (χ4v) is 2.72. The molecule has 3 rings (SSSR count). The molecule has 2 heterocycles. The summed E-state index contributed by atoms with van der Waals surface area (Å²) in [6, 6.07) is 10.6. The molecule has 20 heavy (non-hydrogen) atoms. The standard InChI is InChI=1S/C15H11BrN2O2/c16-12-6-3-8-17-13(12)7-9-18-14(19)10-4-1-2-5-11(10)15(18)20/h1-6,8H,7,9H2. The molecule has 1 aliphatic rings. The number of hydrogen-bond acceptors (Lipinski definition) is 3. The van der Waals surface area contributed by atoms with Gasteiger partial charge in [-0.3, -0.25) is 19.5 Å². The molecule has 0 saturated carbocycles. The van der Waals surface area contributed by atoms with Crippen LogP contribution in [0.4, 0.5) is 0 Å². The van der Waals surface area contributed by atoms with E-state index >= 15 is 0 Å². The molecular weight excluding hydrogens is 320 g/mol. The van der Waals surface area contributed by atoms with E-state index < -0.39 is 0 Å². The highest BCUT2D eigenvalue weighted by molar-refractivity contribution is 9.10. The van der Waals surface area contributed by atoms with Crippen molar-refractivity contribution < 1.29 is 9.59 Å². The number of fused-ring (bicyclic) bond motifs is 1. The van der Waals surface area contributed by atoms with Crippen LogP contribution in [0.5, 0.6) is 0 Å². The third kappa shape index (κ3) is 2.14. The molecular formula is C15H11BrN2O2. The van der Waals surface area contributed by atoms with Crippen molar-refractivity contribution in [2.75, 3.05) is 6.54 Å². The molecule has 0 unspecified atom stereocenters. The number of benzene rings is 1. The van der Waals surface area contributed by atoms with Gasteiger partial charge in [-0.05, 0) is 40.2 Å². The number of imide groups is 1. The molecule has 2 amide bonds. The first-order chi connectivity index (χ1) is 9.68. The molecule has 0 atom stereocenters. The van der Waals surface area contributed by atoms with Crippen molar-refractivity contribution in [2.45, 2.75) is 6.42 Å². The van der Waals surface area contributed by atoms with Crippen LogP contribution in [0.1, 0.15) is 26.4 Å². The molecule has 0 aliphatic carbocycles. The van der Waals surface area contributed by atoms with Crippen LogP contribution in [-0.4, -0.2) is 28.2 Å². The Morgan fingerprint density at radius 3 is 2.25 bits per heavy atom. The summed E-state index contributed by atoms with van der Waals surface area (Å²) >= 11 is 3.41. The van der Waals surface area contributed by atoms with E-state index in [1.54, 1.807) is 30.5 Å². The van der Waals surface area contributed by atoms with Crippen molar-refractivity contribution in [1.29, 1.82) is 0 Å². The Morgan fingerprint density at radius 2 is 1.65 bits per heavy atom. The van der Waals surface area contributed by atoms with E-state index in [0.717, 1.165) is 10.2 Å². The van der Waals surface area contributed by atoms with Crippen LogP contribution < -0.4 is 0 Å². The van der Waals surface area contributed by atoms with Gasteiger partial charge in [-0.1, -0.05) is 12.1 Å². The lowest BCUT2D eigenvalue weighted by Crippen LogP contribution is -2.31. The summed E-state index contributed by atoms with van der Waals surface area (Å²) in [5.74, 6) is -0.449. The lowest BCUT2D eigenvalue weighted by Gasteiger charge is -2.13. The van der Waals surface area contributed by atoms with Crippen molar-refractivity contribution in [3.8, 4) is 0 Å². The van der Waals surface area contributed by atoms with Crippen molar-refractivity contribution in [3.05, 3.63) is 63.9 Å². The number of hydrogen-bond donors (Lipinski definition) is 0. The first-order valence-electron chi connectivity index (χ1n) is 6.23. The van der Waals surface area contributed by atoms with E-state index in [9.17, 15) is 9.59 Å². The number of halogens is 1. The predicted molar refractivity (Wildman–Crippen MR) is 77.5 cm³/mol. The average Bonchev–Trinajstić information content (AvgIpc) is 2.71. The van der Waals surface area contributed by atoms with E-state index in [-0.39, 0.29) is 11.8 Å². The Morgan fingerprint density at radius 1 is 1.00 bits per heavy atom. The summed E-state index contributed by atoms with van der Waals surface area (Å²) in [4.78, 5) is 29.9. The summed E-state index contributed by atoms with van der Waals surface area (Å²) in [7, 11) is 0. The van der Waals surface area contributed by atoms with Gasteiger partial charge in [0.1, 0.15) is 0 Å². The maximum atomic E-state index is 12.2. The molecule has 1 aliphatic heterocycles. The number of rotatable bonds is 3. The predicted octanol–water partition coefficient (Wildman–Crippen LogP) is 2.68. The van der Waals surface area contributed by atoms with Gasteiger partial charge < -0.3 is 0 Å². The van der Waals surface area contributed by atoms with Gasteiger partial charge in [-0.15, -0.1) is 0 Å². The first-order valence-corrected chi connectivity index (χ1v) is 7.02. The molecule has 0 fully saturated rings. The van der Waals surface area contributed by atoms with Crippen LogP contribution in [0, 0.1) is 0 Å². The van der Waals surface area contributed by atoms with Crippen molar-refractivity contribution in [2.24, 2.45) is 0 Å². The highest BCUT2D eigenvalue weighted by Gasteiger charge is 2.34. The van der Waals surface area contributed by atoms with Crippen LogP contribution in [-0.2, 0) is 6.42 Å². The highest BCUT2D eigenvalue weighted by atomic mass is 79.9. The Bertz CT molecular complexity index is 665. The number of aromatic nitrogens is 1. The number of carbonyl (C=O) groups is 2. The molecule has 1 aromatic heterocycles. The Kier molecular flexibility index (Phi) is 3.36. The third-order valence-electron chi connectivity index (χ3n) is 3.29. The zero-order valence-electron chi connectivity index (χ0n) is 10.5. The zero-order valence-corrected chi connectivity index (χ0v) is 12.1. The minimum absolute atomic E-state index is 0.224. The summed E-state index contributed by atoms with van der Waals surface area (Å²) < 4.78 is 0.886. The molecule has 0 spiro atoms. The van der Waals surface area contributed by atoms with Crippen molar-refractivity contribution in [1.82, 2.24) is 9.88 Å². The van der Waals surface area contributed by atoms with Crippen molar-refractivity contribution >= 4 is 27.7 Å². The van der Waals surface area contributed by atoms with Gasteiger partial charge in [0, 0.05) is 23.6 Å². The minimum atomic E-state index is -0.224. The molecule has 5 heteroatoms. The van der Waals surface area contributed by atoms with Gasteiger partial charge in [-0.25, -0.2) is 0 Å².